The molecule has 1 aliphatic heterocycles. The molecular formula is C19H19N5. The Balaban J connectivity index is 1.71. The number of nitrogen functional groups attached to an aromatic ring is 1. The molecule has 3 N–H and O–H groups in total. The number of hydrogen-bond acceptors (Lipinski definition) is 5. The van der Waals surface area contributed by atoms with Gasteiger partial charge in [0.1, 0.15) is 12.0 Å². The number of nitrogens with two attached hydrogens (primary N) is 1. The van der Waals surface area contributed by atoms with Crippen molar-refractivity contribution in [1.82, 2.24) is 9.97 Å². The molecule has 0 atom stereocenters. The number of hydrogen-bond donors (Lipinski definition) is 2. The average molecular weight is 317 g/mol. The maximum atomic E-state index is 6.39. The Labute approximate surface area is 141 Å². The van der Waals surface area contributed by atoms with E-state index in [0.717, 1.165) is 30.9 Å². The van der Waals surface area contributed by atoms with Crippen molar-refractivity contribution in [2.45, 2.75) is 12.8 Å². The predicted octanol–water partition coefficient (Wildman–Crippen LogP) is 3.89. The summed E-state index contributed by atoms with van der Waals surface area (Å²) in [5, 5.41) is 3.27. The molecule has 0 amide bonds. The van der Waals surface area contributed by atoms with Crippen LogP contribution in [0.5, 0.6) is 0 Å². The first-order valence-electron chi connectivity index (χ1n) is 8.11. The predicted molar refractivity (Wildman–Crippen MR) is 97.9 cm³/mol. The zero-order valence-electron chi connectivity index (χ0n) is 13.3. The fourth-order valence-electron chi connectivity index (χ4n) is 3.11. The van der Waals surface area contributed by atoms with Crippen molar-refractivity contribution in [3.05, 3.63) is 66.5 Å². The maximum Gasteiger partial charge on any atom is 0.161 e. The third-order valence-electron chi connectivity index (χ3n) is 4.27. The molecule has 24 heavy (non-hydrogen) atoms. The van der Waals surface area contributed by atoms with Crippen LogP contribution in [-0.4, -0.2) is 16.5 Å². The molecular weight excluding hydrogens is 298 g/mol. The summed E-state index contributed by atoms with van der Waals surface area (Å²) in [5.41, 5.74) is 10.4. The highest BCUT2D eigenvalue weighted by atomic mass is 15.2. The van der Waals surface area contributed by atoms with Gasteiger partial charge in [-0.2, -0.15) is 0 Å². The minimum atomic E-state index is 0.568. The summed E-state index contributed by atoms with van der Waals surface area (Å²) in [5.74, 6) is 1.39. The average Bonchev–Trinajstić information content (AvgIpc) is 2.64. The summed E-state index contributed by atoms with van der Waals surface area (Å²) in [7, 11) is 0. The van der Waals surface area contributed by atoms with Gasteiger partial charge < -0.3 is 16.0 Å². The lowest BCUT2D eigenvalue weighted by molar-refractivity contribution is 0.759. The zero-order valence-corrected chi connectivity index (χ0v) is 13.3. The van der Waals surface area contributed by atoms with E-state index in [1.165, 1.54) is 11.3 Å². The molecule has 4 rings (SSSR count). The first-order valence-corrected chi connectivity index (χ1v) is 8.11. The van der Waals surface area contributed by atoms with Crippen molar-refractivity contribution < 1.29 is 0 Å². The Bertz CT molecular complexity index is 847. The third-order valence-corrected chi connectivity index (χ3v) is 4.27. The highest BCUT2D eigenvalue weighted by Crippen LogP contribution is 2.37. The second-order valence-electron chi connectivity index (χ2n) is 5.83. The van der Waals surface area contributed by atoms with E-state index in [9.17, 15) is 0 Å². The molecule has 2 heterocycles. The fraction of sp³-hybridized carbons (Fsp3) is 0.158. The van der Waals surface area contributed by atoms with E-state index < -0.39 is 0 Å². The van der Waals surface area contributed by atoms with E-state index in [4.69, 9.17) is 5.73 Å². The minimum Gasteiger partial charge on any atom is -0.393 e. The summed E-state index contributed by atoms with van der Waals surface area (Å²) >= 11 is 0. The van der Waals surface area contributed by atoms with Crippen molar-refractivity contribution in [1.29, 1.82) is 0 Å². The number of anilines is 5. The summed E-state index contributed by atoms with van der Waals surface area (Å²) in [4.78, 5) is 11.0. The Kier molecular flexibility index (Phi) is 3.75. The number of benzene rings is 2. The second kappa shape index (κ2) is 6.20. The van der Waals surface area contributed by atoms with Crippen LogP contribution in [0.1, 0.15) is 12.0 Å². The van der Waals surface area contributed by atoms with Crippen LogP contribution < -0.4 is 16.0 Å². The van der Waals surface area contributed by atoms with Gasteiger partial charge in [0.05, 0.1) is 0 Å². The number of nitrogens with zero attached hydrogens (tertiary/aromatic N) is 3. The second-order valence-corrected chi connectivity index (χ2v) is 5.83. The van der Waals surface area contributed by atoms with Crippen LogP contribution in [0.4, 0.5) is 28.7 Å². The Morgan fingerprint density at radius 2 is 1.75 bits per heavy atom. The quantitative estimate of drug-likeness (QED) is 0.767. The van der Waals surface area contributed by atoms with Crippen molar-refractivity contribution in [3.63, 3.8) is 0 Å². The minimum absolute atomic E-state index is 0.568. The van der Waals surface area contributed by atoms with Gasteiger partial charge in [0.2, 0.25) is 0 Å². The van der Waals surface area contributed by atoms with E-state index in [1.807, 2.05) is 30.3 Å². The number of fused-ring (bicyclic) bond motifs is 1. The molecule has 5 heteroatoms. The molecule has 0 saturated carbocycles. The van der Waals surface area contributed by atoms with E-state index in [0.29, 0.717) is 11.5 Å². The molecule has 0 spiro atoms. The number of nitrogens with one attached hydrogen (secondary N) is 1. The van der Waals surface area contributed by atoms with Crippen LogP contribution in [0.3, 0.4) is 0 Å². The molecule has 0 aliphatic carbocycles. The molecule has 2 aromatic carbocycles. The summed E-state index contributed by atoms with van der Waals surface area (Å²) in [6.45, 7) is 0.906. The van der Waals surface area contributed by atoms with E-state index in [1.54, 1.807) is 6.33 Å². The lowest BCUT2D eigenvalue weighted by Gasteiger charge is -2.31. The maximum absolute atomic E-state index is 6.39. The van der Waals surface area contributed by atoms with E-state index in [2.05, 4.69) is 44.5 Å². The fourth-order valence-corrected chi connectivity index (χ4v) is 3.11. The lowest BCUT2D eigenvalue weighted by atomic mass is 10.0. The smallest absolute Gasteiger partial charge is 0.161 e. The molecule has 1 aliphatic rings. The summed E-state index contributed by atoms with van der Waals surface area (Å²) in [6.07, 6.45) is 3.74. The summed E-state index contributed by atoms with van der Waals surface area (Å²) < 4.78 is 0. The molecule has 1 aromatic heterocycles. The topological polar surface area (TPSA) is 67.1 Å². The van der Waals surface area contributed by atoms with Gasteiger partial charge in [-0.3, -0.25) is 0 Å². The first kappa shape index (κ1) is 14.5. The lowest BCUT2D eigenvalue weighted by Crippen LogP contribution is -2.26. The molecule has 0 unspecified atom stereocenters. The number of aryl methyl sites for hydroxylation is 1. The highest BCUT2D eigenvalue weighted by Gasteiger charge is 2.22. The van der Waals surface area contributed by atoms with Gasteiger partial charge in [0, 0.05) is 17.9 Å². The van der Waals surface area contributed by atoms with Crippen molar-refractivity contribution in [3.8, 4) is 0 Å². The number of para-hydroxylation sites is 2. The standard InChI is InChI=1S/C19H19N5/c20-17-18(23-15-9-2-1-3-10-15)21-13-22-19(17)24-12-6-8-14-7-4-5-11-16(14)24/h1-5,7,9-11,13H,6,8,12,20H2,(H,21,22,23). The van der Waals surface area contributed by atoms with Gasteiger partial charge in [-0.25, -0.2) is 9.97 Å². The summed E-state index contributed by atoms with van der Waals surface area (Å²) in [6, 6.07) is 18.3. The monoisotopic (exact) mass is 317 g/mol. The molecule has 0 bridgehead atoms. The molecule has 3 aromatic rings. The Hall–Kier alpha value is -3.08. The van der Waals surface area contributed by atoms with Crippen LogP contribution in [-0.2, 0) is 6.42 Å². The first-order chi connectivity index (χ1) is 11.8. The zero-order chi connectivity index (χ0) is 16.4. The Morgan fingerprint density at radius 3 is 2.62 bits per heavy atom. The van der Waals surface area contributed by atoms with Crippen molar-refractivity contribution in [2.75, 3.05) is 22.5 Å². The van der Waals surface area contributed by atoms with Crippen LogP contribution in [0, 0.1) is 0 Å². The van der Waals surface area contributed by atoms with Crippen LogP contribution >= 0.6 is 0 Å². The molecule has 0 saturated heterocycles. The van der Waals surface area contributed by atoms with Crippen molar-refractivity contribution in [2.24, 2.45) is 0 Å². The normalized spacial score (nSPS) is 13.4. The van der Waals surface area contributed by atoms with E-state index in [-0.39, 0.29) is 0 Å². The van der Waals surface area contributed by atoms with Gasteiger partial charge >= 0.3 is 0 Å². The van der Waals surface area contributed by atoms with Gasteiger partial charge in [0.25, 0.3) is 0 Å². The van der Waals surface area contributed by atoms with Gasteiger partial charge in [0.15, 0.2) is 11.6 Å². The van der Waals surface area contributed by atoms with Gasteiger partial charge in [-0.15, -0.1) is 0 Å². The highest BCUT2D eigenvalue weighted by molar-refractivity contribution is 5.82. The van der Waals surface area contributed by atoms with Gasteiger partial charge in [-0.05, 0) is 36.6 Å². The van der Waals surface area contributed by atoms with Crippen LogP contribution in [0.15, 0.2) is 60.9 Å². The number of aromatic nitrogens is 2. The van der Waals surface area contributed by atoms with Crippen LogP contribution in [0.2, 0.25) is 0 Å². The number of rotatable bonds is 3. The largest absolute Gasteiger partial charge is 0.393 e. The van der Waals surface area contributed by atoms with Crippen LogP contribution in [0.25, 0.3) is 0 Å². The Morgan fingerprint density at radius 1 is 0.958 bits per heavy atom. The van der Waals surface area contributed by atoms with Gasteiger partial charge in [-0.1, -0.05) is 36.4 Å². The molecule has 120 valence electrons. The SMILES string of the molecule is Nc1c(Nc2ccccc2)ncnc1N1CCCc2ccccc21. The van der Waals surface area contributed by atoms with Crippen molar-refractivity contribution >= 4 is 28.7 Å². The molecule has 5 nitrogen and oxygen atoms in total. The molecule has 0 fully saturated rings. The van der Waals surface area contributed by atoms with E-state index >= 15 is 0 Å². The molecule has 0 radical (unpaired) electrons. The third kappa shape index (κ3) is 2.65.